The normalized spacial score (nSPS) is 18.9. The van der Waals surface area contributed by atoms with Crippen molar-refractivity contribution in [1.82, 2.24) is 4.90 Å². The third-order valence-corrected chi connectivity index (χ3v) is 4.39. The van der Waals surface area contributed by atoms with Crippen molar-refractivity contribution >= 4 is 18.3 Å². The average molecular weight is 362 g/mol. The van der Waals surface area contributed by atoms with Gasteiger partial charge in [0.25, 0.3) is 0 Å². The summed E-state index contributed by atoms with van der Waals surface area (Å²) in [7, 11) is 0. The highest BCUT2D eigenvalue weighted by Crippen LogP contribution is 2.30. The largest absolute Gasteiger partial charge is 0.465 e. The number of nitrogens with zero attached hydrogens (tertiary/aromatic N) is 2. The molecule has 1 unspecified atom stereocenters. The van der Waals surface area contributed by atoms with Crippen molar-refractivity contribution in [2.45, 2.75) is 39.2 Å². The Morgan fingerprint density at radius 1 is 1.42 bits per heavy atom. The van der Waals surface area contributed by atoms with Crippen LogP contribution in [0.25, 0.3) is 0 Å². The number of hydrogen-bond donors (Lipinski definition) is 2. The van der Waals surface area contributed by atoms with Crippen molar-refractivity contribution in [1.29, 1.82) is 0 Å². The summed E-state index contributed by atoms with van der Waals surface area (Å²) in [5.74, 6) is -0.827. The third-order valence-electron chi connectivity index (χ3n) is 4.39. The zero-order chi connectivity index (χ0) is 19.3. The topological polar surface area (TPSA) is 99.4 Å². The Morgan fingerprint density at radius 2 is 2.15 bits per heavy atom. The first-order chi connectivity index (χ1) is 12.2. The second kappa shape index (κ2) is 8.21. The minimum absolute atomic E-state index is 0.0869. The van der Waals surface area contributed by atoms with E-state index in [1.807, 2.05) is 39.0 Å². The Morgan fingerprint density at radius 3 is 2.73 bits per heavy atom. The molecule has 0 saturated carbocycles. The van der Waals surface area contributed by atoms with Gasteiger partial charge in [-0.2, -0.15) is 0 Å². The van der Waals surface area contributed by atoms with Crippen LogP contribution in [0.15, 0.2) is 29.4 Å². The summed E-state index contributed by atoms with van der Waals surface area (Å²) in [5.41, 5.74) is 1.03. The number of amides is 1. The average Bonchev–Trinajstić information content (AvgIpc) is 3.01. The summed E-state index contributed by atoms with van der Waals surface area (Å²) in [6.07, 6.45) is 1.44. The molecular weight excluding hydrogens is 336 g/mol. The third kappa shape index (κ3) is 5.47. The number of oxime groups is 1. The highest BCUT2D eigenvalue weighted by molar-refractivity contribution is 5.79. The molecule has 7 heteroatoms. The van der Waals surface area contributed by atoms with Gasteiger partial charge in [0.05, 0.1) is 12.1 Å². The van der Waals surface area contributed by atoms with E-state index in [1.165, 1.54) is 11.1 Å². The molecule has 1 aromatic rings. The zero-order valence-corrected chi connectivity index (χ0v) is 15.4. The first-order valence-corrected chi connectivity index (χ1v) is 8.66. The van der Waals surface area contributed by atoms with Crippen LogP contribution in [-0.2, 0) is 16.0 Å². The molecule has 1 aromatic carbocycles. The van der Waals surface area contributed by atoms with E-state index in [-0.39, 0.29) is 11.9 Å². The molecule has 2 rings (SSSR count). The van der Waals surface area contributed by atoms with Crippen LogP contribution in [0.1, 0.15) is 38.3 Å². The van der Waals surface area contributed by atoms with E-state index in [0.29, 0.717) is 25.9 Å². The number of carbonyl (C=O) groups excluding carboxylic acids is 1. The van der Waals surface area contributed by atoms with Gasteiger partial charge in [0.2, 0.25) is 0 Å². The summed E-state index contributed by atoms with van der Waals surface area (Å²) in [6.45, 7) is 6.21. The predicted octanol–water partition coefficient (Wildman–Crippen LogP) is 3.00. The molecule has 1 aliphatic heterocycles. The van der Waals surface area contributed by atoms with Crippen molar-refractivity contribution < 1.29 is 24.6 Å². The lowest BCUT2D eigenvalue weighted by Gasteiger charge is -2.27. The van der Waals surface area contributed by atoms with Crippen LogP contribution in [0, 0.1) is 11.8 Å². The maximum absolute atomic E-state index is 12.8. The quantitative estimate of drug-likeness (QED) is 0.363. The molecule has 26 heavy (non-hydrogen) atoms. The van der Waals surface area contributed by atoms with Gasteiger partial charge in [0.15, 0.2) is 0 Å². The van der Waals surface area contributed by atoms with Gasteiger partial charge >= 0.3 is 12.1 Å². The second-order valence-corrected chi connectivity index (χ2v) is 7.61. The van der Waals surface area contributed by atoms with Gasteiger partial charge in [-0.25, -0.2) is 4.79 Å². The summed E-state index contributed by atoms with van der Waals surface area (Å²) >= 11 is 0. The van der Waals surface area contributed by atoms with Crippen LogP contribution in [0.4, 0.5) is 4.79 Å². The minimum atomic E-state index is -0.961. The number of rotatable bonds is 5. The van der Waals surface area contributed by atoms with E-state index in [0.717, 1.165) is 11.1 Å². The summed E-state index contributed by atoms with van der Waals surface area (Å²) in [6, 6.07) is 7.38. The molecule has 0 aliphatic carbocycles. The van der Waals surface area contributed by atoms with E-state index < -0.39 is 17.6 Å². The van der Waals surface area contributed by atoms with E-state index in [9.17, 15) is 14.7 Å². The van der Waals surface area contributed by atoms with Crippen molar-refractivity contribution in [2.24, 2.45) is 17.0 Å². The first kappa shape index (κ1) is 19.8. The molecule has 1 heterocycles. The Kier molecular flexibility index (Phi) is 6.23. The molecule has 1 fully saturated rings. The molecule has 0 bridgehead atoms. The van der Waals surface area contributed by atoms with Crippen molar-refractivity contribution in [3.63, 3.8) is 0 Å². The predicted molar refractivity (Wildman–Crippen MR) is 96.6 cm³/mol. The van der Waals surface area contributed by atoms with E-state index >= 15 is 0 Å². The van der Waals surface area contributed by atoms with Gasteiger partial charge in [-0.05, 0) is 50.7 Å². The monoisotopic (exact) mass is 362 g/mol. The standard InChI is InChI=1S/C19H26N2O5/c1-19(2,3)26-17(22)16(15-7-8-21(12-15)18(23)24)10-13-5-4-6-14(9-13)11-20-25/h4-6,9,11,15-16,25H,7-8,10,12H2,1-3H3,(H,23,24)/t15-,16?/m0/s1. The molecule has 2 atom stereocenters. The lowest BCUT2D eigenvalue weighted by atomic mass is 9.85. The molecule has 0 radical (unpaired) electrons. The molecule has 0 spiro atoms. The van der Waals surface area contributed by atoms with E-state index in [4.69, 9.17) is 9.94 Å². The Bertz CT molecular complexity index is 681. The molecule has 0 aromatic heterocycles. The number of ether oxygens (including phenoxy) is 1. The molecule has 1 saturated heterocycles. The summed E-state index contributed by atoms with van der Waals surface area (Å²) in [5, 5.41) is 20.9. The Hall–Kier alpha value is -2.57. The lowest BCUT2D eigenvalue weighted by molar-refractivity contribution is -0.161. The minimum Gasteiger partial charge on any atom is -0.465 e. The van der Waals surface area contributed by atoms with Crippen molar-refractivity contribution in [3.05, 3.63) is 35.4 Å². The summed E-state index contributed by atoms with van der Waals surface area (Å²) in [4.78, 5) is 25.3. The van der Waals surface area contributed by atoms with Crippen molar-refractivity contribution in [3.8, 4) is 0 Å². The fourth-order valence-corrected chi connectivity index (χ4v) is 3.23. The van der Waals surface area contributed by atoms with Gasteiger partial charge in [-0.3, -0.25) is 4.79 Å². The van der Waals surface area contributed by atoms with Crippen LogP contribution in [0.3, 0.4) is 0 Å². The van der Waals surface area contributed by atoms with Gasteiger partial charge in [0, 0.05) is 13.1 Å². The number of esters is 1. The molecule has 142 valence electrons. The van der Waals surface area contributed by atoms with E-state index in [1.54, 1.807) is 6.07 Å². The van der Waals surface area contributed by atoms with Crippen LogP contribution in [0.5, 0.6) is 0 Å². The van der Waals surface area contributed by atoms with Crippen LogP contribution >= 0.6 is 0 Å². The number of benzene rings is 1. The highest BCUT2D eigenvalue weighted by Gasteiger charge is 2.37. The molecule has 7 nitrogen and oxygen atoms in total. The Labute approximate surface area is 153 Å². The van der Waals surface area contributed by atoms with Gasteiger partial charge in [0.1, 0.15) is 5.60 Å². The summed E-state index contributed by atoms with van der Waals surface area (Å²) < 4.78 is 5.59. The van der Waals surface area contributed by atoms with Crippen LogP contribution in [-0.4, -0.2) is 52.2 Å². The van der Waals surface area contributed by atoms with Crippen molar-refractivity contribution in [2.75, 3.05) is 13.1 Å². The molecule has 2 N–H and O–H groups in total. The molecule has 1 amide bonds. The smallest absolute Gasteiger partial charge is 0.407 e. The van der Waals surface area contributed by atoms with Gasteiger partial charge < -0.3 is 20.0 Å². The number of carboxylic acid groups (broad SMARTS) is 1. The maximum Gasteiger partial charge on any atom is 0.407 e. The zero-order valence-electron chi connectivity index (χ0n) is 15.4. The lowest BCUT2D eigenvalue weighted by Crippen LogP contribution is -2.35. The maximum atomic E-state index is 12.8. The molecular formula is C19H26N2O5. The first-order valence-electron chi connectivity index (χ1n) is 8.66. The van der Waals surface area contributed by atoms with Gasteiger partial charge in [-0.15, -0.1) is 0 Å². The fraction of sp³-hybridized carbons (Fsp3) is 0.526. The second-order valence-electron chi connectivity index (χ2n) is 7.61. The number of carbonyl (C=O) groups is 2. The number of hydrogen-bond acceptors (Lipinski definition) is 5. The van der Waals surface area contributed by atoms with Crippen LogP contribution in [0.2, 0.25) is 0 Å². The highest BCUT2D eigenvalue weighted by atomic mass is 16.6. The molecule has 1 aliphatic rings. The SMILES string of the molecule is CC(C)(C)OC(=O)C(Cc1cccc(C=NO)c1)[C@H]1CCN(C(=O)O)C1. The van der Waals surface area contributed by atoms with Gasteiger partial charge in [-0.1, -0.05) is 29.4 Å². The van der Waals surface area contributed by atoms with Crippen LogP contribution < -0.4 is 0 Å². The Balaban J connectivity index is 2.21. The fourth-order valence-electron chi connectivity index (χ4n) is 3.23. The van der Waals surface area contributed by atoms with E-state index in [2.05, 4.69) is 5.16 Å². The number of likely N-dealkylation sites (tertiary alicyclic amines) is 1.